The Balaban J connectivity index is 1.57. The minimum Gasteiger partial charge on any atom is -0.490 e. The summed E-state index contributed by atoms with van der Waals surface area (Å²) in [6.07, 6.45) is 3.71. The molecule has 1 saturated carbocycles. The minimum atomic E-state index is 0.323. The molecule has 2 aromatic rings. The van der Waals surface area contributed by atoms with Crippen molar-refractivity contribution < 1.29 is 9.47 Å². The third-order valence-electron chi connectivity index (χ3n) is 3.90. The van der Waals surface area contributed by atoms with Gasteiger partial charge in [0.15, 0.2) is 0 Å². The fourth-order valence-electron chi connectivity index (χ4n) is 2.71. The summed E-state index contributed by atoms with van der Waals surface area (Å²) in [5.41, 5.74) is 0. The van der Waals surface area contributed by atoms with Crippen LogP contribution in [-0.2, 0) is 0 Å². The van der Waals surface area contributed by atoms with E-state index in [4.69, 9.17) is 9.47 Å². The molecule has 0 bridgehead atoms. The first-order chi connectivity index (χ1) is 10.3. The number of hydrogen-bond acceptors (Lipinski definition) is 3. The highest BCUT2D eigenvalue weighted by molar-refractivity contribution is 5.35. The van der Waals surface area contributed by atoms with E-state index in [0.717, 1.165) is 30.1 Å². The average Bonchev–Trinajstić information content (AvgIpc) is 2.98. The summed E-state index contributed by atoms with van der Waals surface area (Å²) >= 11 is 0. The van der Waals surface area contributed by atoms with Crippen LogP contribution < -0.4 is 14.8 Å². The number of rotatable bonds is 5. The zero-order valence-corrected chi connectivity index (χ0v) is 12.3. The van der Waals surface area contributed by atoms with Gasteiger partial charge in [0.2, 0.25) is 0 Å². The van der Waals surface area contributed by atoms with Gasteiger partial charge in [0, 0.05) is 6.04 Å². The van der Waals surface area contributed by atoms with Gasteiger partial charge < -0.3 is 14.8 Å². The van der Waals surface area contributed by atoms with Crippen molar-refractivity contribution in [3.05, 3.63) is 54.6 Å². The third kappa shape index (κ3) is 3.76. The lowest BCUT2D eigenvalue weighted by molar-refractivity contribution is 0.206. The molecule has 110 valence electrons. The van der Waals surface area contributed by atoms with Gasteiger partial charge in [-0.2, -0.15) is 0 Å². The van der Waals surface area contributed by atoms with Crippen LogP contribution in [0.4, 0.5) is 0 Å². The zero-order valence-electron chi connectivity index (χ0n) is 12.3. The molecule has 0 saturated heterocycles. The predicted molar refractivity (Wildman–Crippen MR) is 84.1 cm³/mol. The number of hydrogen-bond donors (Lipinski definition) is 1. The van der Waals surface area contributed by atoms with Gasteiger partial charge in [-0.1, -0.05) is 18.2 Å². The molecular formula is C18H21NO2. The van der Waals surface area contributed by atoms with Crippen molar-refractivity contribution in [2.45, 2.75) is 31.4 Å². The summed E-state index contributed by atoms with van der Waals surface area (Å²) in [4.78, 5) is 0. The lowest BCUT2D eigenvalue weighted by Gasteiger charge is -2.14. The van der Waals surface area contributed by atoms with Crippen molar-refractivity contribution >= 4 is 0 Å². The van der Waals surface area contributed by atoms with E-state index in [2.05, 4.69) is 5.32 Å². The van der Waals surface area contributed by atoms with Gasteiger partial charge in [0.25, 0.3) is 0 Å². The molecule has 3 heteroatoms. The lowest BCUT2D eigenvalue weighted by Crippen LogP contribution is -2.23. The number of ether oxygens (including phenoxy) is 2. The lowest BCUT2D eigenvalue weighted by atomic mass is 10.2. The van der Waals surface area contributed by atoms with E-state index in [1.165, 1.54) is 6.42 Å². The van der Waals surface area contributed by atoms with Crippen LogP contribution >= 0.6 is 0 Å². The van der Waals surface area contributed by atoms with Crippen LogP contribution in [0, 0.1) is 0 Å². The Bertz CT molecular complexity index is 553. The van der Waals surface area contributed by atoms with Gasteiger partial charge in [-0.05, 0) is 62.7 Å². The van der Waals surface area contributed by atoms with Crippen molar-refractivity contribution in [3.8, 4) is 17.2 Å². The van der Waals surface area contributed by atoms with Crippen molar-refractivity contribution in [2.24, 2.45) is 0 Å². The summed E-state index contributed by atoms with van der Waals surface area (Å²) < 4.78 is 11.8. The second-order valence-corrected chi connectivity index (χ2v) is 5.43. The highest BCUT2D eigenvalue weighted by Gasteiger charge is 2.24. The molecule has 0 heterocycles. The van der Waals surface area contributed by atoms with Gasteiger partial charge >= 0.3 is 0 Å². The SMILES string of the molecule is CNC1CCC(Oc2ccc(Oc3ccccc3)cc2)C1. The van der Waals surface area contributed by atoms with E-state index in [0.29, 0.717) is 12.1 Å². The minimum absolute atomic E-state index is 0.323. The summed E-state index contributed by atoms with van der Waals surface area (Å²) in [7, 11) is 2.02. The van der Waals surface area contributed by atoms with Crippen LogP contribution in [0.15, 0.2) is 54.6 Å². The zero-order chi connectivity index (χ0) is 14.5. The van der Waals surface area contributed by atoms with E-state index in [-0.39, 0.29) is 0 Å². The fourth-order valence-corrected chi connectivity index (χ4v) is 2.71. The molecule has 2 unspecified atom stereocenters. The standard InChI is InChI=1S/C18H21NO2/c1-19-14-7-8-18(13-14)21-17-11-9-16(10-12-17)20-15-5-3-2-4-6-15/h2-6,9-12,14,18-19H,7-8,13H2,1H3. The molecule has 0 aromatic heterocycles. The molecule has 3 nitrogen and oxygen atoms in total. The van der Waals surface area contributed by atoms with Crippen LogP contribution in [-0.4, -0.2) is 19.2 Å². The number of nitrogens with one attached hydrogen (secondary N) is 1. The Kier molecular flexibility index (Phi) is 4.41. The van der Waals surface area contributed by atoms with Crippen molar-refractivity contribution in [3.63, 3.8) is 0 Å². The molecular weight excluding hydrogens is 262 g/mol. The Morgan fingerprint density at radius 1 is 0.857 bits per heavy atom. The van der Waals surface area contributed by atoms with Crippen molar-refractivity contribution in [1.82, 2.24) is 5.32 Å². The van der Waals surface area contributed by atoms with Crippen molar-refractivity contribution in [1.29, 1.82) is 0 Å². The molecule has 1 N–H and O–H groups in total. The predicted octanol–water partition coefficient (Wildman–Crippen LogP) is 4.00. The second-order valence-electron chi connectivity index (χ2n) is 5.43. The molecule has 2 aromatic carbocycles. The molecule has 1 aliphatic rings. The highest BCUT2D eigenvalue weighted by Crippen LogP contribution is 2.27. The van der Waals surface area contributed by atoms with E-state index < -0.39 is 0 Å². The van der Waals surface area contributed by atoms with Gasteiger partial charge in [-0.25, -0.2) is 0 Å². The molecule has 0 aliphatic heterocycles. The van der Waals surface area contributed by atoms with Gasteiger partial charge in [-0.3, -0.25) is 0 Å². The summed E-state index contributed by atoms with van der Waals surface area (Å²) in [5, 5.41) is 3.32. The third-order valence-corrected chi connectivity index (χ3v) is 3.90. The molecule has 0 radical (unpaired) electrons. The van der Waals surface area contributed by atoms with Crippen LogP contribution in [0.25, 0.3) is 0 Å². The maximum absolute atomic E-state index is 6.02. The van der Waals surface area contributed by atoms with E-state index in [1.807, 2.05) is 61.6 Å². The first-order valence-corrected chi connectivity index (χ1v) is 7.50. The maximum atomic E-state index is 6.02. The van der Waals surface area contributed by atoms with Gasteiger partial charge in [0.05, 0.1) is 0 Å². The fraction of sp³-hybridized carbons (Fsp3) is 0.333. The molecule has 1 fully saturated rings. The molecule has 0 amide bonds. The quantitative estimate of drug-likeness (QED) is 0.899. The molecule has 0 spiro atoms. The van der Waals surface area contributed by atoms with E-state index >= 15 is 0 Å². The van der Waals surface area contributed by atoms with E-state index in [9.17, 15) is 0 Å². The highest BCUT2D eigenvalue weighted by atomic mass is 16.5. The maximum Gasteiger partial charge on any atom is 0.127 e. The molecule has 2 atom stereocenters. The first kappa shape index (κ1) is 14.0. The first-order valence-electron chi connectivity index (χ1n) is 7.50. The smallest absolute Gasteiger partial charge is 0.127 e. The second kappa shape index (κ2) is 6.64. The summed E-state index contributed by atoms with van der Waals surface area (Å²) in [6.45, 7) is 0. The van der Waals surface area contributed by atoms with Gasteiger partial charge in [-0.15, -0.1) is 0 Å². The van der Waals surface area contributed by atoms with Gasteiger partial charge in [0.1, 0.15) is 23.4 Å². The Labute approximate surface area is 125 Å². The van der Waals surface area contributed by atoms with E-state index in [1.54, 1.807) is 0 Å². The molecule has 1 aliphatic carbocycles. The normalized spacial score (nSPS) is 21.2. The number of para-hydroxylation sites is 1. The summed E-state index contributed by atoms with van der Waals surface area (Å²) in [5.74, 6) is 2.59. The number of benzene rings is 2. The molecule has 3 rings (SSSR count). The molecule has 21 heavy (non-hydrogen) atoms. The Morgan fingerprint density at radius 3 is 2.19 bits per heavy atom. The summed E-state index contributed by atoms with van der Waals surface area (Å²) in [6, 6.07) is 18.2. The monoisotopic (exact) mass is 283 g/mol. The Hall–Kier alpha value is -2.00. The largest absolute Gasteiger partial charge is 0.490 e. The van der Waals surface area contributed by atoms with Crippen LogP contribution in [0.2, 0.25) is 0 Å². The van der Waals surface area contributed by atoms with Crippen molar-refractivity contribution in [2.75, 3.05) is 7.05 Å². The van der Waals surface area contributed by atoms with Crippen LogP contribution in [0.5, 0.6) is 17.2 Å². The Morgan fingerprint density at radius 2 is 1.52 bits per heavy atom. The topological polar surface area (TPSA) is 30.5 Å². The van der Waals surface area contributed by atoms with Crippen LogP contribution in [0.3, 0.4) is 0 Å². The average molecular weight is 283 g/mol. The van der Waals surface area contributed by atoms with Crippen LogP contribution in [0.1, 0.15) is 19.3 Å².